The first kappa shape index (κ1) is 22.3. The summed E-state index contributed by atoms with van der Waals surface area (Å²) in [6.45, 7) is -0.973. The van der Waals surface area contributed by atoms with Crippen molar-refractivity contribution < 1.29 is 18.4 Å². The van der Waals surface area contributed by atoms with E-state index in [1.807, 2.05) is 6.92 Å². The Bertz CT molecular complexity index is 1140. The number of hydrogen-bond acceptors (Lipinski definition) is 8. The zero-order valence-electron chi connectivity index (χ0n) is 16.1. The van der Waals surface area contributed by atoms with E-state index in [4.69, 9.17) is 11.5 Å². The second-order valence-corrected chi connectivity index (χ2v) is 7.32. The van der Waals surface area contributed by atoms with Crippen molar-refractivity contribution in [1.29, 1.82) is 0 Å². The van der Waals surface area contributed by atoms with Gasteiger partial charge in [0.05, 0.1) is 11.7 Å². The SMILES string of the molecule is CCC[C@@H](Nc1nnc(C(N)=O)c(Nc2cc(Br)c3cnn(C(F)F)c3c2)n1)C(N)=O. The number of carbonyl (C=O) groups is 2. The van der Waals surface area contributed by atoms with Crippen molar-refractivity contribution in [1.82, 2.24) is 25.0 Å². The molecule has 2 amide bonds. The molecule has 0 aliphatic heterocycles. The quantitative estimate of drug-likeness (QED) is 0.349. The lowest BCUT2D eigenvalue weighted by atomic mass is 10.1. The zero-order chi connectivity index (χ0) is 22.7. The average molecular weight is 498 g/mol. The molecule has 3 aromatic rings. The van der Waals surface area contributed by atoms with Gasteiger partial charge in [-0.25, -0.2) is 4.68 Å². The summed E-state index contributed by atoms with van der Waals surface area (Å²) in [5, 5.41) is 17.2. The number of benzene rings is 1. The Morgan fingerprint density at radius 2 is 2.00 bits per heavy atom. The molecule has 1 atom stereocenters. The van der Waals surface area contributed by atoms with Crippen LogP contribution in [0.3, 0.4) is 0 Å². The number of primary amides is 2. The van der Waals surface area contributed by atoms with E-state index >= 15 is 0 Å². The van der Waals surface area contributed by atoms with Crippen molar-refractivity contribution in [2.75, 3.05) is 10.6 Å². The van der Waals surface area contributed by atoms with Crippen LogP contribution < -0.4 is 22.1 Å². The van der Waals surface area contributed by atoms with Crippen LogP contribution in [0.2, 0.25) is 0 Å². The molecule has 31 heavy (non-hydrogen) atoms. The summed E-state index contributed by atoms with van der Waals surface area (Å²) in [5.41, 5.74) is 10.9. The van der Waals surface area contributed by atoms with Gasteiger partial charge in [-0.15, -0.1) is 10.2 Å². The van der Waals surface area contributed by atoms with Crippen LogP contribution in [0, 0.1) is 0 Å². The average Bonchev–Trinajstić information content (AvgIpc) is 3.12. The number of halogens is 3. The van der Waals surface area contributed by atoms with Crippen LogP contribution in [0.4, 0.5) is 26.2 Å². The Morgan fingerprint density at radius 3 is 2.61 bits per heavy atom. The molecule has 0 fully saturated rings. The van der Waals surface area contributed by atoms with Gasteiger partial charge in [0, 0.05) is 15.5 Å². The van der Waals surface area contributed by atoms with Gasteiger partial charge in [-0.1, -0.05) is 13.3 Å². The Balaban J connectivity index is 2.00. The molecule has 0 unspecified atom stereocenters. The molecular formula is C17H18BrF2N9O2. The summed E-state index contributed by atoms with van der Waals surface area (Å²) < 4.78 is 27.5. The van der Waals surface area contributed by atoms with E-state index in [0.717, 1.165) is 0 Å². The maximum absolute atomic E-state index is 13.2. The predicted octanol–water partition coefficient (Wildman–Crippen LogP) is 2.29. The Hall–Kier alpha value is -3.42. The topological polar surface area (TPSA) is 167 Å². The summed E-state index contributed by atoms with van der Waals surface area (Å²) in [5.74, 6) is -1.66. The molecule has 2 heterocycles. The number of nitrogens with zero attached hydrogens (tertiary/aromatic N) is 5. The molecule has 0 radical (unpaired) electrons. The zero-order valence-corrected chi connectivity index (χ0v) is 17.7. The Labute approximate surface area is 182 Å². The van der Waals surface area contributed by atoms with Crippen molar-refractivity contribution in [3.8, 4) is 0 Å². The van der Waals surface area contributed by atoms with E-state index in [0.29, 0.717) is 33.1 Å². The highest BCUT2D eigenvalue weighted by molar-refractivity contribution is 9.10. The van der Waals surface area contributed by atoms with E-state index < -0.39 is 24.4 Å². The van der Waals surface area contributed by atoms with Gasteiger partial charge in [0.25, 0.3) is 5.91 Å². The second-order valence-electron chi connectivity index (χ2n) is 6.47. The number of hydrogen-bond donors (Lipinski definition) is 4. The minimum atomic E-state index is -2.85. The van der Waals surface area contributed by atoms with Crippen LogP contribution in [0.15, 0.2) is 22.8 Å². The number of carbonyl (C=O) groups excluding carboxylic acids is 2. The van der Waals surface area contributed by atoms with Crippen LogP contribution in [0.25, 0.3) is 10.9 Å². The van der Waals surface area contributed by atoms with Crippen LogP contribution in [-0.4, -0.2) is 42.8 Å². The van der Waals surface area contributed by atoms with Crippen LogP contribution in [-0.2, 0) is 4.79 Å². The lowest BCUT2D eigenvalue weighted by molar-refractivity contribution is -0.118. The van der Waals surface area contributed by atoms with Gasteiger partial charge in [-0.2, -0.15) is 18.9 Å². The number of rotatable bonds is 9. The summed E-state index contributed by atoms with van der Waals surface area (Å²) in [7, 11) is 0. The molecule has 0 aliphatic rings. The number of aromatic nitrogens is 5. The highest BCUT2D eigenvalue weighted by Gasteiger charge is 2.20. The molecule has 6 N–H and O–H groups in total. The molecule has 0 saturated heterocycles. The van der Waals surface area contributed by atoms with Gasteiger partial charge in [-0.3, -0.25) is 9.59 Å². The maximum atomic E-state index is 13.2. The van der Waals surface area contributed by atoms with Gasteiger partial charge in [0.2, 0.25) is 11.9 Å². The van der Waals surface area contributed by atoms with Crippen LogP contribution >= 0.6 is 15.9 Å². The Kier molecular flexibility index (Phi) is 6.58. The van der Waals surface area contributed by atoms with Crippen molar-refractivity contribution >= 4 is 56.1 Å². The van der Waals surface area contributed by atoms with E-state index in [1.54, 1.807) is 6.07 Å². The van der Waals surface area contributed by atoms with Gasteiger partial charge in [0.15, 0.2) is 11.5 Å². The fraction of sp³-hybridized carbons (Fsp3) is 0.294. The van der Waals surface area contributed by atoms with Crippen molar-refractivity contribution in [2.24, 2.45) is 11.5 Å². The summed E-state index contributed by atoms with van der Waals surface area (Å²) in [6.07, 6.45) is 2.40. The third kappa shape index (κ3) is 4.84. The summed E-state index contributed by atoms with van der Waals surface area (Å²) in [6, 6.07) is 2.25. The Morgan fingerprint density at radius 1 is 1.26 bits per heavy atom. The van der Waals surface area contributed by atoms with E-state index in [9.17, 15) is 18.4 Å². The molecular weight excluding hydrogens is 480 g/mol. The van der Waals surface area contributed by atoms with Crippen molar-refractivity contribution in [2.45, 2.75) is 32.4 Å². The fourth-order valence-corrected chi connectivity index (χ4v) is 3.39. The third-order valence-corrected chi connectivity index (χ3v) is 4.91. The monoisotopic (exact) mass is 497 g/mol. The van der Waals surface area contributed by atoms with Crippen LogP contribution in [0.5, 0.6) is 0 Å². The maximum Gasteiger partial charge on any atom is 0.333 e. The second kappa shape index (κ2) is 9.16. The largest absolute Gasteiger partial charge is 0.368 e. The number of amides is 2. The molecule has 14 heteroatoms. The first-order valence-corrected chi connectivity index (χ1v) is 9.82. The molecule has 0 spiro atoms. The van der Waals surface area contributed by atoms with Gasteiger partial charge >= 0.3 is 6.55 Å². The minimum absolute atomic E-state index is 0.0671. The summed E-state index contributed by atoms with van der Waals surface area (Å²) in [4.78, 5) is 27.5. The molecule has 2 aromatic heterocycles. The van der Waals surface area contributed by atoms with Crippen molar-refractivity contribution in [3.05, 3.63) is 28.5 Å². The fourth-order valence-electron chi connectivity index (χ4n) is 2.84. The predicted molar refractivity (Wildman–Crippen MR) is 112 cm³/mol. The summed E-state index contributed by atoms with van der Waals surface area (Å²) >= 11 is 3.31. The van der Waals surface area contributed by atoms with E-state index in [1.165, 1.54) is 12.3 Å². The first-order valence-electron chi connectivity index (χ1n) is 9.03. The molecule has 11 nitrogen and oxygen atoms in total. The molecule has 0 bridgehead atoms. The van der Waals surface area contributed by atoms with E-state index in [2.05, 4.69) is 46.8 Å². The van der Waals surface area contributed by atoms with E-state index in [-0.39, 0.29) is 23.0 Å². The normalized spacial score (nSPS) is 12.2. The first-order chi connectivity index (χ1) is 14.7. The minimum Gasteiger partial charge on any atom is -0.368 e. The van der Waals surface area contributed by atoms with Gasteiger partial charge in [-0.05, 0) is 34.5 Å². The van der Waals surface area contributed by atoms with Crippen molar-refractivity contribution in [3.63, 3.8) is 0 Å². The lowest BCUT2D eigenvalue weighted by Crippen LogP contribution is -2.36. The standard InChI is InChI=1S/C17H18BrF2N9O2/c1-2-3-10(13(21)30)25-17-26-15(12(14(22)31)27-28-17)24-7-4-9(18)8-6-23-29(16(19)20)11(8)5-7/h4-6,10,16H,2-3H2,1H3,(H2,21,30)(H2,22,31)(H2,24,25,26,28)/t10-/m1/s1. The molecule has 0 saturated carbocycles. The lowest BCUT2D eigenvalue weighted by Gasteiger charge is -2.15. The molecule has 164 valence electrons. The van der Waals surface area contributed by atoms with Gasteiger partial charge < -0.3 is 22.1 Å². The highest BCUT2D eigenvalue weighted by Crippen LogP contribution is 2.31. The molecule has 0 aliphatic carbocycles. The van der Waals surface area contributed by atoms with Crippen LogP contribution in [0.1, 0.15) is 36.8 Å². The molecule has 3 rings (SSSR count). The third-order valence-electron chi connectivity index (χ3n) is 4.26. The number of anilines is 3. The number of fused-ring (bicyclic) bond motifs is 1. The number of alkyl halides is 2. The molecule has 1 aromatic carbocycles. The number of nitrogens with one attached hydrogen (secondary N) is 2. The smallest absolute Gasteiger partial charge is 0.333 e. The highest BCUT2D eigenvalue weighted by atomic mass is 79.9. The van der Waals surface area contributed by atoms with Gasteiger partial charge in [0.1, 0.15) is 6.04 Å². The number of nitrogens with two attached hydrogens (primary N) is 2.